The van der Waals surface area contributed by atoms with E-state index in [4.69, 9.17) is 4.52 Å². The predicted molar refractivity (Wildman–Crippen MR) is 89.0 cm³/mol. The number of halogens is 1. The Hall–Kier alpha value is -2.26. The van der Waals surface area contributed by atoms with Crippen molar-refractivity contribution < 1.29 is 27.2 Å². The Morgan fingerprint density at radius 1 is 1.28 bits per heavy atom. The van der Waals surface area contributed by atoms with Crippen LogP contribution in [0.3, 0.4) is 0 Å². The van der Waals surface area contributed by atoms with E-state index in [-0.39, 0.29) is 28.7 Å². The van der Waals surface area contributed by atoms with Gasteiger partial charge < -0.3 is 9.63 Å². The number of rotatable bonds is 7. The molecule has 0 saturated heterocycles. The molecule has 1 aromatic carbocycles. The first-order valence-electron chi connectivity index (χ1n) is 7.59. The van der Waals surface area contributed by atoms with Gasteiger partial charge in [-0.1, -0.05) is 19.0 Å². The van der Waals surface area contributed by atoms with E-state index in [9.17, 15) is 22.7 Å². The van der Waals surface area contributed by atoms with Gasteiger partial charge >= 0.3 is 5.97 Å². The number of hydrogen-bond donors (Lipinski definition) is 2. The SMILES string of the molecule is CC(C)CS(=O)(=O)N[C@H](C)c1onc(-c2ccc(F)cc2)c1C(=O)O. The Morgan fingerprint density at radius 3 is 2.40 bits per heavy atom. The van der Waals surface area contributed by atoms with Crippen LogP contribution in [0.2, 0.25) is 0 Å². The van der Waals surface area contributed by atoms with Crippen LogP contribution in [0.25, 0.3) is 11.3 Å². The molecule has 0 spiro atoms. The Morgan fingerprint density at radius 2 is 1.88 bits per heavy atom. The lowest BCUT2D eigenvalue weighted by Crippen LogP contribution is -2.31. The van der Waals surface area contributed by atoms with Crippen LogP contribution in [0.15, 0.2) is 28.8 Å². The Balaban J connectivity index is 2.39. The van der Waals surface area contributed by atoms with E-state index >= 15 is 0 Å². The number of aromatic carboxylic acids is 1. The van der Waals surface area contributed by atoms with Crippen LogP contribution in [-0.4, -0.2) is 30.4 Å². The quantitative estimate of drug-likeness (QED) is 0.775. The van der Waals surface area contributed by atoms with Crippen LogP contribution < -0.4 is 4.72 Å². The first-order valence-corrected chi connectivity index (χ1v) is 9.24. The maximum atomic E-state index is 13.0. The number of carboxylic acids is 1. The summed E-state index contributed by atoms with van der Waals surface area (Å²) in [5.74, 6) is -2.09. The highest BCUT2D eigenvalue weighted by atomic mass is 32.2. The fourth-order valence-corrected chi connectivity index (χ4v) is 4.04. The Bertz CT molecular complexity index is 859. The standard InChI is InChI=1S/C16H19FN2O5S/c1-9(2)8-25(22,23)19-10(3)15-13(16(20)21)14(18-24-15)11-4-6-12(17)7-5-11/h4-7,9-10,19H,8H2,1-3H3,(H,20,21)/t10-/m1/s1. The Labute approximate surface area is 144 Å². The molecular weight excluding hydrogens is 351 g/mol. The molecule has 136 valence electrons. The molecule has 1 heterocycles. The summed E-state index contributed by atoms with van der Waals surface area (Å²) >= 11 is 0. The number of nitrogens with zero attached hydrogens (tertiary/aromatic N) is 1. The van der Waals surface area contributed by atoms with Gasteiger partial charge in [0.05, 0.1) is 11.8 Å². The second-order valence-electron chi connectivity index (χ2n) is 6.10. The second kappa shape index (κ2) is 7.32. The molecule has 0 fully saturated rings. The molecule has 7 nitrogen and oxygen atoms in total. The van der Waals surface area contributed by atoms with Crippen molar-refractivity contribution in [3.05, 3.63) is 41.4 Å². The predicted octanol–water partition coefficient (Wildman–Crippen LogP) is 2.82. The second-order valence-corrected chi connectivity index (χ2v) is 7.90. The van der Waals surface area contributed by atoms with Gasteiger partial charge in [-0.2, -0.15) is 0 Å². The van der Waals surface area contributed by atoms with Crippen molar-refractivity contribution in [3.63, 3.8) is 0 Å². The third-order valence-corrected chi connectivity index (χ3v) is 5.17. The molecule has 0 saturated carbocycles. The van der Waals surface area contributed by atoms with Gasteiger partial charge in [0, 0.05) is 5.56 Å². The smallest absolute Gasteiger partial charge is 0.341 e. The topological polar surface area (TPSA) is 110 Å². The number of carbonyl (C=O) groups is 1. The summed E-state index contributed by atoms with van der Waals surface area (Å²) in [4.78, 5) is 11.6. The zero-order chi connectivity index (χ0) is 18.8. The van der Waals surface area contributed by atoms with Crippen LogP contribution in [-0.2, 0) is 10.0 Å². The van der Waals surface area contributed by atoms with Crippen LogP contribution in [0, 0.1) is 11.7 Å². The summed E-state index contributed by atoms with van der Waals surface area (Å²) in [6.45, 7) is 4.99. The van der Waals surface area contributed by atoms with E-state index in [0.717, 1.165) is 0 Å². The van der Waals surface area contributed by atoms with Crippen molar-refractivity contribution in [1.29, 1.82) is 0 Å². The molecule has 9 heteroatoms. The van der Waals surface area contributed by atoms with Crippen LogP contribution in [0.5, 0.6) is 0 Å². The summed E-state index contributed by atoms with van der Waals surface area (Å²) < 4.78 is 44.7. The highest BCUT2D eigenvalue weighted by Gasteiger charge is 2.29. The lowest BCUT2D eigenvalue weighted by molar-refractivity contribution is 0.0694. The summed E-state index contributed by atoms with van der Waals surface area (Å²) in [5.41, 5.74) is 0.106. The fourth-order valence-electron chi connectivity index (χ4n) is 2.42. The van der Waals surface area contributed by atoms with Crippen molar-refractivity contribution in [1.82, 2.24) is 9.88 Å². The zero-order valence-corrected chi connectivity index (χ0v) is 14.8. The average Bonchev–Trinajstić information content (AvgIpc) is 2.91. The number of benzene rings is 1. The molecule has 0 aliphatic carbocycles. The summed E-state index contributed by atoms with van der Waals surface area (Å²) in [5, 5.41) is 13.2. The van der Waals surface area contributed by atoms with E-state index in [1.807, 2.05) is 0 Å². The highest BCUT2D eigenvalue weighted by Crippen LogP contribution is 2.29. The fraction of sp³-hybridized carbons (Fsp3) is 0.375. The minimum Gasteiger partial charge on any atom is -0.477 e. The van der Waals surface area contributed by atoms with Gasteiger partial charge in [-0.25, -0.2) is 22.3 Å². The van der Waals surface area contributed by atoms with Crippen LogP contribution in [0.4, 0.5) is 4.39 Å². The first-order chi connectivity index (χ1) is 11.6. The van der Waals surface area contributed by atoms with E-state index in [1.165, 1.54) is 31.2 Å². The number of nitrogens with one attached hydrogen (secondary N) is 1. The minimum atomic E-state index is -3.61. The summed E-state index contributed by atoms with van der Waals surface area (Å²) in [6, 6.07) is 4.17. The largest absolute Gasteiger partial charge is 0.477 e. The molecule has 0 radical (unpaired) electrons. The molecule has 1 aromatic heterocycles. The van der Waals surface area contributed by atoms with Gasteiger partial charge in [0.2, 0.25) is 10.0 Å². The summed E-state index contributed by atoms with van der Waals surface area (Å²) in [7, 11) is -3.61. The highest BCUT2D eigenvalue weighted by molar-refractivity contribution is 7.89. The van der Waals surface area contributed by atoms with E-state index in [1.54, 1.807) is 13.8 Å². The number of hydrogen-bond acceptors (Lipinski definition) is 5. The van der Waals surface area contributed by atoms with E-state index < -0.39 is 27.9 Å². The molecule has 0 aliphatic rings. The molecule has 2 rings (SSSR count). The van der Waals surface area contributed by atoms with Gasteiger partial charge in [-0.05, 0) is 37.1 Å². The first kappa shape index (κ1) is 19.1. The molecule has 0 aliphatic heterocycles. The Kier molecular flexibility index (Phi) is 5.58. The van der Waals surface area contributed by atoms with Crippen molar-refractivity contribution >= 4 is 16.0 Å². The average molecular weight is 370 g/mol. The molecule has 0 bridgehead atoms. The molecule has 25 heavy (non-hydrogen) atoms. The van der Waals surface area contributed by atoms with E-state index in [0.29, 0.717) is 5.56 Å². The number of sulfonamides is 1. The monoisotopic (exact) mass is 370 g/mol. The van der Waals surface area contributed by atoms with Crippen LogP contribution >= 0.6 is 0 Å². The molecule has 0 unspecified atom stereocenters. The van der Waals surface area contributed by atoms with Gasteiger partial charge in [-0.15, -0.1) is 0 Å². The molecule has 1 atom stereocenters. The normalized spacial score (nSPS) is 13.2. The minimum absolute atomic E-state index is 0.0115. The van der Waals surface area contributed by atoms with Crippen molar-refractivity contribution in [2.24, 2.45) is 5.92 Å². The molecule has 2 aromatic rings. The molecule has 2 N–H and O–H groups in total. The van der Waals surface area contributed by atoms with Gasteiger partial charge in [-0.3, -0.25) is 0 Å². The lowest BCUT2D eigenvalue weighted by Gasteiger charge is -2.13. The van der Waals surface area contributed by atoms with Crippen molar-refractivity contribution in [2.75, 3.05) is 5.75 Å². The number of aromatic nitrogens is 1. The lowest BCUT2D eigenvalue weighted by atomic mass is 10.0. The third kappa shape index (κ3) is 4.64. The van der Waals surface area contributed by atoms with Crippen LogP contribution in [0.1, 0.15) is 42.9 Å². The van der Waals surface area contributed by atoms with Gasteiger partial charge in [0.25, 0.3) is 0 Å². The van der Waals surface area contributed by atoms with Gasteiger partial charge in [0.1, 0.15) is 17.1 Å². The zero-order valence-electron chi connectivity index (χ0n) is 14.0. The van der Waals surface area contributed by atoms with E-state index in [2.05, 4.69) is 9.88 Å². The molecule has 0 amide bonds. The maximum Gasteiger partial charge on any atom is 0.341 e. The van der Waals surface area contributed by atoms with Gasteiger partial charge in [0.15, 0.2) is 5.76 Å². The summed E-state index contributed by atoms with van der Waals surface area (Å²) in [6.07, 6.45) is 0. The van der Waals surface area contributed by atoms with Crippen molar-refractivity contribution in [3.8, 4) is 11.3 Å². The number of carboxylic acid groups (broad SMARTS) is 1. The maximum absolute atomic E-state index is 13.0. The third-order valence-electron chi connectivity index (χ3n) is 3.35. The molecular formula is C16H19FN2O5S. The van der Waals surface area contributed by atoms with Crippen molar-refractivity contribution in [2.45, 2.75) is 26.8 Å².